The zero-order chi connectivity index (χ0) is 32.1. The van der Waals surface area contributed by atoms with Crippen molar-refractivity contribution in [1.29, 1.82) is 0 Å². The molecular weight excluding hydrogens is 590 g/mol. The molecule has 3 fully saturated rings. The highest BCUT2D eigenvalue weighted by Gasteiger charge is 2.47. The standard InChI is InChI=1S/C37H39N7O3/c1-41-18-26-12-21(8-10-27(26)40-37(41)46)22-6-7-23-15-31(43(30(23)14-22)17-20-4-5-20)35-39-28-13-25(16-32(47-3)34(28)42(35)2)36(45)44-19-24-9-11-29(44)33(24)38/h6-8,10,12-16,20,24,29,33H,4-5,9,11,17-19,38H2,1-3H3,(H,40,46)/t24-,29-,33-/m1/s1. The van der Waals surface area contributed by atoms with Crippen LogP contribution in [0.5, 0.6) is 5.75 Å². The Morgan fingerprint density at radius 1 is 1.02 bits per heavy atom. The lowest BCUT2D eigenvalue weighted by Crippen LogP contribution is -2.41. The Morgan fingerprint density at radius 2 is 1.83 bits per heavy atom. The average molecular weight is 630 g/mol. The number of carbonyl (C=O) groups is 2. The van der Waals surface area contributed by atoms with Crippen LogP contribution in [0.25, 0.3) is 44.6 Å². The number of benzene rings is 3. The molecule has 9 rings (SSSR count). The molecular formula is C37H39N7O3. The zero-order valence-corrected chi connectivity index (χ0v) is 27.0. The van der Waals surface area contributed by atoms with Gasteiger partial charge < -0.3 is 34.7 Å². The third-order valence-corrected chi connectivity index (χ3v) is 11.0. The lowest BCUT2D eigenvalue weighted by atomic mass is 10.00. The van der Waals surface area contributed by atoms with Crippen LogP contribution in [0.1, 0.15) is 41.6 Å². The molecule has 3 amide bonds. The molecule has 3 aromatic carbocycles. The third-order valence-electron chi connectivity index (χ3n) is 11.0. The van der Waals surface area contributed by atoms with E-state index in [1.54, 1.807) is 12.0 Å². The topological polar surface area (TPSA) is 111 Å². The molecule has 10 nitrogen and oxygen atoms in total. The minimum Gasteiger partial charge on any atom is -0.494 e. The fourth-order valence-corrected chi connectivity index (χ4v) is 8.21. The van der Waals surface area contributed by atoms with Crippen molar-refractivity contribution in [2.75, 3.05) is 26.0 Å². The maximum atomic E-state index is 13.8. The SMILES string of the molecule is COc1cc(C(=O)N2C[C@H]3CC[C@@H]2[C@@H]3N)cc2nc(-c3cc4ccc(-c5ccc6c(c5)CN(C)C(=O)N6)cc4n3CC3CC3)n(C)c12. The number of carbonyl (C=O) groups excluding carboxylic acids is 2. The van der Waals surface area contributed by atoms with E-state index in [-0.39, 0.29) is 24.0 Å². The predicted molar refractivity (Wildman–Crippen MR) is 182 cm³/mol. The van der Waals surface area contributed by atoms with Crippen molar-refractivity contribution in [3.63, 3.8) is 0 Å². The van der Waals surface area contributed by atoms with Crippen LogP contribution < -0.4 is 15.8 Å². The second-order valence-corrected chi connectivity index (χ2v) is 14.0. The number of piperidine rings is 1. The van der Waals surface area contributed by atoms with Crippen LogP contribution in [0.15, 0.2) is 54.6 Å². The Morgan fingerprint density at radius 3 is 2.57 bits per heavy atom. The summed E-state index contributed by atoms with van der Waals surface area (Å²) in [7, 11) is 5.49. The van der Waals surface area contributed by atoms with Crippen molar-refractivity contribution in [2.24, 2.45) is 24.6 Å². The Kier molecular flexibility index (Phi) is 6.25. The van der Waals surface area contributed by atoms with Crippen LogP contribution in [-0.4, -0.2) is 68.6 Å². The van der Waals surface area contributed by atoms with Crippen LogP contribution in [0.3, 0.4) is 0 Å². The summed E-state index contributed by atoms with van der Waals surface area (Å²) in [6, 6.07) is 19.0. The molecule has 0 unspecified atom stereocenters. The number of nitrogens with zero attached hydrogens (tertiary/aromatic N) is 5. The smallest absolute Gasteiger partial charge is 0.321 e. The van der Waals surface area contributed by atoms with Crippen LogP contribution in [0.4, 0.5) is 10.5 Å². The number of fused-ring (bicyclic) bond motifs is 5. The quantitative estimate of drug-likeness (QED) is 0.246. The number of hydrogen-bond acceptors (Lipinski definition) is 5. The molecule has 1 saturated heterocycles. The van der Waals surface area contributed by atoms with E-state index in [9.17, 15) is 9.59 Å². The summed E-state index contributed by atoms with van der Waals surface area (Å²) in [5.41, 5.74) is 15.1. The van der Waals surface area contributed by atoms with Crippen LogP contribution in [-0.2, 0) is 20.1 Å². The molecule has 4 aliphatic rings. The molecule has 4 heterocycles. The number of hydrogen-bond donors (Lipinski definition) is 2. The average Bonchev–Trinajstić information content (AvgIpc) is 3.48. The summed E-state index contributed by atoms with van der Waals surface area (Å²) in [5, 5.41) is 4.13. The van der Waals surface area contributed by atoms with E-state index < -0.39 is 0 Å². The lowest BCUT2D eigenvalue weighted by molar-refractivity contribution is 0.0700. The van der Waals surface area contributed by atoms with Gasteiger partial charge in [-0.1, -0.05) is 18.2 Å². The van der Waals surface area contributed by atoms with Crippen LogP contribution >= 0.6 is 0 Å². The molecule has 2 aromatic heterocycles. The number of methoxy groups -OCH3 is 1. The van der Waals surface area contributed by atoms with Crippen LogP contribution in [0.2, 0.25) is 0 Å². The van der Waals surface area contributed by atoms with Crippen molar-refractivity contribution in [1.82, 2.24) is 23.9 Å². The van der Waals surface area contributed by atoms with Gasteiger partial charge in [0.15, 0.2) is 5.82 Å². The van der Waals surface area contributed by atoms with Gasteiger partial charge >= 0.3 is 6.03 Å². The van der Waals surface area contributed by atoms with Gasteiger partial charge in [-0.25, -0.2) is 9.78 Å². The van der Waals surface area contributed by atoms with Gasteiger partial charge in [0.05, 0.1) is 18.3 Å². The first-order valence-corrected chi connectivity index (χ1v) is 16.7. The van der Waals surface area contributed by atoms with Gasteiger partial charge in [-0.3, -0.25) is 4.79 Å². The Balaban J connectivity index is 1.13. The van der Waals surface area contributed by atoms with Gasteiger partial charge in [-0.2, -0.15) is 0 Å². The molecule has 2 aliphatic heterocycles. The molecule has 3 N–H and O–H groups in total. The van der Waals surface area contributed by atoms with Gasteiger partial charge in [-0.15, -0.1) is 0 Å². The number of aryl methyl sites for hydroxylation is 1. The Hall–Kier alpha value is -4.83. The summed E-state index contributed by atoms with van der Waals surface area (Å²) in [5.74, 6) is 2.53. The molecule has 2 saturated carbocycles. The minimum atomic E-state index is -0.0809. The molecule has 0 radical (unpaired) electrons. The van der Waals surface area contributed by atoms with Gasteiger partial charge in [0.25, 0.3) is 5.91 Å². The largest absolute Gasteiger partial charge is 0.494 e. The van der Waals surface area contributed by atoms with Gasteiger partial charge in [0.2, 0.25) is 0 Å². The monoisotopic (exact) mass is 629 g/mol. The highest BCUT2D eigenvalue weighted by Crippen LogP contribution is 2.41. The minimum absolute atomic E-state index is 0.00614. The number of anilines is 1. The first-order valence-electron chi connectivity index (χ1n) is 16.7. The van der Waals surface area contributed by atoms with Crippen molar-refractivity contribution >= 4 is 39.6 Å². The number of likely N-dealkylation sites (tertiary alicyclic amines) is 1. The maximum absolute atomic E-state index is 13.8. The highest BCUT2D eigenvalue weighted by atomic mass is 16.5. The molecule has 5 aromatic rings. The summed E-state index contributed by atoms with van der Waals surface area (Å²) < 4.78 is 10.4. The predicted octanol–water partition coefficient (Wildman–Crippen LogP) is 5.82. The van der Waals surface area contributed by atoms with E-state index in [0.717, 1.165) is 76.2 Å². The van der Waals surface area contributed by atoms with Crippen molar-refractivity contribution in [3.05, 3.63) is 65.7 Å². The van der Waals surface area contributed by atoms with E-state index in [2.05, 4.69) is 50.8 Å². The second-order valence-electron chi connectivity index (χ2n) is 14.0. The normalized spacial score (nSPS) is 22.0. The number of amides is 3. The molecule has 47 heavy (non-hydrogen) atoms. The first kappa shape index (κ1) is 28.4. The zero-order valence-electron chi connectivity index (χ0n) is 27.0. The molecule has 0 spiro atoms. The number of aromatic nitrogens is 3. The molecule has 2 aliphatic carbocycles. The number of imidazole rings is 1. The van der Waals surface area contributed by atoms with E-state index in [4.69, 9.17) is 15.5 Å². The van der Waals surface area contributed by atoms with Crippen molar-refractivity contribution < 1.29 is 14.3 Å². The Bertz CT molecular complexity index is 2130. The molecule has 2 bridgehead atoms. The number of rotatable bonds is 6. The first-order chi connectivity index (χ1) is 22.8. The summed E-state index contributed by atoms with van der Waals surface area (Å²) in [6.07, 6.45) is 4.53. The van der Waals surface area contributed by atoms with E-state index >= 15 is 0 Å². The fourth-order valence-electron chi connectivity index (χ4n) is 8.21. The molecule has 10 heteroatoms. The van der Waals surface area contributed by atoms with E-state index in [1.807, 2.05) is 37.2 Å². The fraction of sp³-hybridized carbons (Fsp3) is 0.378. The number of nitrogens with two attached hydrogens (primary N) is 1. The highest BCUT2D eigenvalue weighted by molar-refractivity contribution is 6.01. The summed E-state index contributed by atoms with van der Waals surface area (Å²) in [4.78, 5) is 34.7. The summed E-state index contributed by atoms with van der Waals surface area (Å²) in [6.45, 7) is 2.22. The number of urea groups is 1. The molecule has 240 valence electrons. The number of ether oxygens (including phenoxy) is 1. The van der Waals surface area contributed by atoms with Crippen molar-refractivity contribution in [2.45, 2.75) is 50.9 Å². The Labute approximate surface area is 273 Å². The summed E-state index contributed by atoms with van der Waals surface area (Å²) >= 11 is 0. The molecule has 3 atom stereocenters. The van der Waals surface area contributed by atoms with Gasteiger partial charge in [0, 0.05) is 68.0 Å². The van der Waals surface area contributed by atoms with Crippen LogP contribution in [0, 0.1) is 11.8 Å². The van der Waals surface area contributed by atoms with Gasteiger partial charge in [0.1, 0.15) is 11.3 Å². The number of nitrogens with one attached hydrogen (secondary N) is 1. The van der Waals surface area contributed by atoms with E-state index in [1.165, 1.54) is 18.4 Å². The maximum Gasteiger partial charge on any atom is 0.321 e. The van der Waals surface area contributed by atoms with E-state index in [0.29, 0.717) is 29.7 Å². The van der Waals surface area contributed by atoms with Crippen molar-refractivity contribution in [3.8, 4) is 28.4 Å². The van der Waals surface area contributed by atoms with Gasteiger partial charge in [-0.05, 0) is 90.6 Å². The third kappa shape index (κ3) is 4.45. The second kappa shape index (κ2) is 10.3. The lowest BCUT2D eigenvalue weighted by Gasteiger charge is -2.27.